The van der Waals surface area contributed by atoms with Crippen molar-refractivity contribution in [3.8, 4) is 5.69 Å². The number of barbiturate groups is 1. The number of nitrogens with one attached hydrogen (secondary N) is 1. The zero-order chi connectivity index (χ0) is 19.7. The molecule has 1 N–H and O–H groups in total. The zero-order valence-corrected chi connectivity index (χ0v) is 15.1. The lowest BCUT2D eigenvalue weighted by Gasteiger charge is -2.26. The number of aryl methyl sites for hydroxylation is 1. The van der Waals surface area contributed by atoms with Crippen molar-refractivity contribution in [1.82, 2.24) is 9.88 Å². The van der Waals surface area contributed by atoms with E-state index in [0.29, 0.717) is 11.3 Å². The molecule has 28 heavy (non-hydrogen) atoms. The van der Waals surface area contributed by atoms with Crippen LogP contribution in [0.15, 0.2) is 78.5 Å². The van der Waals surface area contributed by atoms with Crippen molar-refractivity contribution >= 4 is 29.6 Å². The van der Waals surface area contributed by atoms with Crippen molar-refractivity contribution in [2.45, 2.75) is 6.92 Å². The molecule has 1 aliphatic rings. The van der Waals surface area contributed by atoms with Gasteiger partial charge in [-0.3, -0.25) is 14.9 Å². The molecule has 6 nitrogen and oxygen atoms in total. The molecule has 138 valence electrons. The van der Waals surface area contributed by atoms with Gasteiger partial charge < -0.3 is 4.57 Å². The van der Waals surface area contributed by atoms with Crippen LogP contribution in [-0.4, -0.2) is 22.4 Å². The molecule has 0 aliphatic carbocycles. The van der Waals surface area contributed by atoms with E-state index in [1.165, 1.54) is 6.08 Å². The lowest BCUT2D eigenvalue weighted by Crippen LogP contribution is -2.54. The highest BCUT2D eigenvalue weighted by Gasteiger charge is 2.36. The maximum atomic E-state index is 12.9. The number of imide groups is 2. The van der Waals surface area contributed by atoms with Gasteiger partial charge in [-0.2, -0.15) is 0 Å². The number of hydrogen-bond acceptors (Lipinski definition) is 3. The van der Waals surface area contributed by atoms with Crippen LogP contribution in [0.1, 0.15) is 11.3 Å². The number of anilines is 1. The summed E-state index contributed by atoms with van der Waals surface area (Å²) in [6.45, 7) is 1.94. The van der Waals surface area contributed by atoms with Crippen LogP contribution in [0.3, 0.4) is 0 Å². The first-order valence-electron chi connectivity index (χ1n) is 8.75. The molecule has 2 heterocycles. The number of benzene rings is 2. The summed E-state index contributed by atoms with van der Waals surface area (Å²) < 4.78 is 1.97. The molecule has 0 unspecified atom stereocenters. The maximum Gasteiger partial charge on any atom is 0.335 e. The van der Waals surface area contributed by atoms with Crippen LogP contribution in [0.4, 0.5) is 10.5 Å². The SMILES string of the molecule is Cc1cc(/C=C2/C(=O)NC(=O)N(c3ccccc3)C2=O)cn1-c1ccccc1. The average Bonchev–Trinajstić information content (AvgIpc) is 3.07. The van der Waals surface area contributed by atoms with Gasteiger partial charge in [0, 0.05) is 17.6 Å². The number of rotatable bonds is 3. The van der Waals surface area contributed by atoms with Gasteiger partial charge in [0.05, 0.1) is 5.69 Å². The Morgan fingerprint density at radius 1 is 0.857 bits per heavy atom. The van der Waals surface area contributed by atoms with Crippen molar-refractivity contribution in [3.63, 3.8) is 0 Å². The van der Waals surface area contributed by atoms with Gasteiger partial charge in [-0.1, -0.05) is 36.4 Å². The van der Waals surface area contributed by atoms with E-state index in [1.54, 1.807) is 30.3 Å². The highest BCUT2D eigenvalue weighted by molar-refractivity contribution is 6.39. The maximum absolute atomic E-state index is 12.9. The van der Waals surface area contributed by atoms with Gasteiger partial charge >= 0.3 is 6.03 Å². The molecular formula is C22H17N3O3. The molecule has 6 heteroatoms. The number of carbonyl (C=O) groups is 3. The molecule has 0 radical (unpaired) electrons. The van der Waals surface area contributed by atoms with Crippen molar-refractivity contribution < 1.29 is 14.4 Å². The summed E-state index contributed by atoms with van der Waals surface area (Å²) in [6.07, 6.45) is 3.36. The van der Waals surface area contributed by atoms with Crippen molar-refractivity contribution in [3.05, 3.63) is 89.8 Å². The molecule has 0 saturated carbocycles. The summed E-state index contributed by atoms with van der Waals surface area (Å²) >= 11 is 0. The van der Waals surface area contributed by atoms with Gasteiger partial charge in [0.15, 0.2) is 0 Å². The van der Waals surface area contributed by atoms with Crippen molar-refractivity contribution in [2.24, 2.45) is 0 Å². The van der Waals surface area contributed by atoms with E-state index in [4.69, 9.17) is 0 Å². The summed E-state index contributed by atoms with van der Waals surface area (Å²) in [4.78, 5) is 38.4. The van der Waals surface area contributed by atoms with Crippen molar-refractivity contribution in [2.75, 3.05) is 4.90 Å². The second kappa shape index (κ2) is 7.00. The van der Waals surface area contributed by atoms with E-state index >= 15 is 0 Å². The Morgan fingerprint density at radius 2 is 1.46 bits per heavy atom. The Labute approximate surface area is 161 Å². The molecule has 1 aliphatic heterocycles. The van der Waals surface area contributed by atoms with Gasteiger partial charge in [-0.25, -0.2) is 9.69 Å². The standard InChI is InChI=1S/C22H17N3O3/c1-15-12-16(14-24(15)17-8-4-2-5-9-17)13-19-20(26)23-22(28)25(21(19)27)18-10-6-3-7-11-18/h2-14H,1H3,(H,23,26,28)/b19-13-. The first-order valence-corrected chi connectivity index (χ1v) is 8.75. The monoisotopic (exact) mass is 371 g/mol. The van der Waals surface area contributed by atoms with Crippen LogP contribution >= 0.6 is 0 Å². The van der Waals surface area contributed by atoms with Gasteiger partial charge in [-0.15, -0.1) is 0 Å². The molecular weight excluding hydrogens is 354 g/mol. The molecule has 3 aromatic rings. The molecule has 2 aromatic carbocycles. The predicted octanol–water partition coefficient (Wildman–Crippen LogP) is 3.45. The number of urea groups is 1. The predicted molar refractivity (Wildman–Crippen MR) is 106 cm³/mol. The number of aromatic nitrogens is 1. The first-order chi connectivity index (χ1) is 13.5. The van der Waals surface area contributed by atoms with E-state index in [9.17, 15) is 14.4 Å². The van der Waals surface area contributed by atoms with Crippen molar-refractivity contribution in [1.29, 1.82) is 0 Å². The smallest absolute Gasteiger partial charge is 0.321 e. The fraction of sp³-hybridized carbons (Fsp3) is 0.0455. The molecule has 1 saturated heterocycles. The molecule has 0 spiro atoms. The number of para-hydroxylation sites is 2. The first kappa shape index (κ1) is 17.5. The normalized spacial score (nSPS) is 15.8. The largest absolute Gasteiger partial charge is 0.335 e. The van der Waals surface area contributed by atoms with Gasteiger partial charge in [0.2, 0.25) is 0 Å². The van der Waals surface area contributed by atoms with E-state index in [1.807, 2.05) is 54.1 Å². The number of nitrogens with zero attached hydrogens (tertiary/aromatic N) is 2. The fourth-order valence-corrected chi connectivity index (χ4v) is 3.18. The Bertz CT molecular complexity index is 1100. The second-order valence-corrected chi connectivity index (χ2v) is 6.41. The van der Waals surface area contributed by atoms with Gasteiger partial charge in [0.25, 0.3) is 11.8 Å². The topological polar surface area (TPSA) is 71.4 Å². The quantitative estimate of drug-likeness (QED) is 0.566. The molecule has 1 aromatic heterocycles. The Hall–Kier alpha value is -3.93. The fourth-order valence-electron chi connectivity index (χ4n) is 3.18. The van der Waals surface area contributed by atoms with Crippen LogP contribution in [0.25, 0.3) is 11.8 Å². The lowest BCUT2D eigenvalue weighted by atomic mass is 10.1. The minimum Gasteiger partial charge on any atom is -0.321 e. The van der Waals surface area contributed by atoms with E-state index < -0.39 is 17.8 Å². The van der Waals surface area contributed by atoms with Gasteiger partial charge in [0.1, 0.15) is 5.57 Å². The van der Waals surface area contributed by atoms with Crippen LogP contribution < -0.4 is 10.2 Å². The van der Waals surface area contributed by atoms with Gasteiger partial charge in [-0.05, 0) is 48.9 Å². The highest BCUT2D eigenvalue weighted by atomic mass is 16.2. The Balaban J connectivity index is 1.72. The molecule has 4 rings (SSSR count). The minimum atomic E-state index is -0.753. The molecule has 4 amide bonds. The van der Waals surface area contributed by atoms with Crippen LogP contribution in [0, 0.1) is 6.92 Å². The minimum absolute atomic E-state index is 0.0892. The Kier molecular flexibility index (Phi) is 4.37. The van der Waals surface area contributed by atoms with Crippen LogP contribution in [0.5, 0.6) is 0 Å². The summed E-state index contributed by atoms with van der Waals surface area (Å²) in [5.74, 6) is -1.35. The summed E-state index contributed by atoms with van der Waals surface area (Å²) in [7, 11) is 0. The van der Waals surface area contributed by atoms with Crippen LogP contribution in [0.2, 0.25) is 0 Å². The third kappa shape index (κ3) is 3.12. The average molecular weight is 371 g/mol. The summed E-state index contributed by atoms with van der Waals surface area (Å²) in [5.41, 5.74) is 2.94. The Morgan fingerprint density at radius 3 is 2.11 bits per heavy atom. The van der Waals surface area contributed by atoms with E-state index in [2.05, 4.69) is 5.32 Å². The molecule has 1 fully saturated rings. The van der Waals surface area contributed by atoms with Crippen LogP contribution in [-0.2, 0) is 9.59 Å². The third-order valence-electron chi connectivity index (χ3n) is 4.50. The zero-order valence-electron chi connectivity index (χ0n) is 15.1. The van der Waals surface area contributed by atoms with E-state index in [0.717, 1.165) is 16.3 Å². The third-order valence-corrected chi connectivity index (χ3v) is 4.50. The second-order valence-electron chi connectivity index (χ2n) is 6.41. The molecule has 0 atom stereocenters. The number of carbonyl (C=O) groups excluding carboxylic acids is 3. The summed E-state index contributed by atoms with van der Waals surface area (Å²) in [5, 5.41) is 2.23. The van der Waals surface area contributed by atoms with E-state index in [-0.39, 0.29) is 5.57 Å². The number of hydrogen-bond donors (Lipinski definition) is 1. The highest BCUT2D eigenvalue weighted by Crippen LogP contribution is 2.23. The lowest BCUT2D eigenvalue weighted by molar-refractivity contribution is -0.122. The molecule has 0 bridgehead atoms. The summed E-state index contributed by atoms with van der Waals surface area (Å²) in [6, 6.07) is 19.4. The number of amides is 4.